The molecule has 20 heavy (non-hydrogen) atoms. The zero-order valence-corrected chi connectivity index (χ0v) is 10.6. The molecule has 2 aromatic rings. The Morgan fingerprint density at radius 3 is 2.60 bits per heavy atom. The summed E-state index contributed by atoms with van der Waals surface area (Å²) in [7, 11) is 1.63. The number of nitro benzene ring substituents is 1. The van der Waals surface area contributed by atoms with Gasteiger partial charge in [-0.2, -0.15) is 0 Å². The third-order valence-corrected chi connectivity index (χ3v) is 2.79. The highest BCUT2D eigenvalue weighted by atomic mass is 16.6. The fourth-order valence-corrected chi connectivity index (χ4v) is 1.82. The Morgan fingerprint density at radius 1 is 1.30 bits per heavy atom. The molecule has 0 unspecified atom stereocenters. The Morgan fingerprint density at radius 2 is 2.00 bits per heavy atom. The number of benzene rings is 1. The normalized spacial score (nSPS) is 10.2. The highest BCUT2D eigenvalue weighted by Gasteiger charge is 2.23. The van der Waals surface area contributed by atoms with E-state index >= 15 is 0 Å². The molecule has 0 aliphatic rings. The van der Waals surface area contributed by atoms with Crippen LogP contribution in [0.15, 0.2) is 36.7 Å². The average molecular weight is 273 g/mol. The molecule has 0 atom stereocenters. The second-order valence-electron chi connectivity index (χ2n) is 4.16. The molecule has 1 heterocycles. The summed E-state index contributed by atoms with van der Waals surface area (Å²) in [5, 5.41) is 10.8. The number of nitro groups is 1. The molecule has 2 rings (SSSR count). The van der Waals surface area contributed by atoms with Crippen LogP contribution in [0, 0.1) is 10.1 Å². The Labute approximate surface area is 114 Å². The molecular formula is C13H11N3O4. The van der Waals surface area contributed by atoms with Crippen LogP contribution in [0.3, 0.4) is 0 Å². The van der Waals surface area contributed by atoms with Crippen LogP contribution >= 0.6 is 0 Å². The van der Waals surface area contributed by atoms with Crippen LogP contribution < -0.4 is 0 Å². The fraction of sp³-hybridized carbons (Fsp3) is 0.154. The molecule has 0 fully saturated rings. The van der Waals surface area contributed by atoms with E-state index in [1.165, 1.54) is 35.0 Å². The van der Waals surface area contributed by atoms with E-state index in [1.807, 2.05) is 0 Å². The summed E-state index contributed by atoms with van der Waals surface area (Å²) in [6, 6.07) is 5.56. The van der Waals surface area contributed by atoms with Crippen molar-refractivity contribution in [2.75, 3.05) is 0 Å². The number of hydrogen-bond donors (Lipinski definition) is 0. The van der Waals surface area contributed by atoms with Crippen molar-refractivity contribution in [3.8, 4) is 0 Å². The molecule has 0 aliphatic heterocycles. The van der Waals surface area contributed by atoms with Crippen LogP contribution in [0.4, 0.5) is 5.69 Å². The summed E-state index contributed by atoms with van der Waals surface area (Å²) in [4.78, 5) is 38.0. The van der Waals surface area contributed by atoms with Gasteiger partial charge in [-0.3, -0.25) is 19.7 Å². The van der Waals surface area contributed by atoms with Crippen LogP contribution in [0.1, 0.15) is 27.4 Å². The van der Waals surface area contributed by atoms with Gasteiger partial charge in [0.05, 0.1) is 16.9 Å². The third kappa shape index (κ3) is 2.61. The standard InChI is InChI=1S/C13H11N3O4/c1-15-7-6-14-13(15)12(18)8-11(17)9-4-2-3-5-10(9)16(19)20/h2-7H,8H2,1H3. The largest absolute Gasteiger partial charge is 0.332 e. The predicted molar refractivity (Wildman–Crippen MR) is 69.6 cm³/mol. The first-order valence-electron chi connectivity index (χ1n) is 5.78. The van der Waals surface area contributed by atoms with Crippen molar-refractivity contribution in [1.29, 1.82) is 0 Å². The van der Waals surface area contributed by atoms with Crippen molar-refractivity contribution >= 4 is 17.3 Å². The maximum atomic E-state index is 12.0. The lowest BCUT2D eigenvalue weighted by Crippen LogP contribution is -2.14. The Balaban J connectivity index is 2.23. The molecule has 1 aromatic heterocycles. The average Bonchev–Trinajstić information content (AvgIpc) is 2.85. The second kappa shape index (κ2) is 5.43. The maximum absolute atomic E-state index is 12.0. The van der Waals surface area contributed by atoms with E-state index in [9.17, 15) is 19.7 Å². The van der Waals surface area contributed by atoms with E-state index in [0.29, 0.717) is 0 Å². The number of para-hydroxylation sites is 1. The minimum Gasteiger partial charge on any atom is -0.332 e. The number of carbonyl (C=O) groups excluding carboxylic acids is 2. The number of rotatable bonds is 5. The minimum absolute atomic E-state index is 0.0694. The molecular weight excluding hydrogens is 262 g/mol. The smallest absolute Gasteiger partial charge is 0.280 e. The summed E-state index contributed by atoms with van der Waals surface area (Å²) in [5.74, 6) is -0.914. The van der Waals surface area contributed by atoms with Crippen molar-refractivity contribution in [1.82, 2.24) is 9.55 Å². The van der Waals surface area contributed by atoms with Gasteiger partial charge in [0.25, 0.3) is 5.69 Å². The number of carbonyl (C=O) groups is 2. The van der Waals surface area contributed by atoms with Crippen molar-refractivity contribution in [2.45, 2.75) is 6.42 Å². The Hall–Kier alpha value is -2.83. The van der Waals surface area contributed by atoms with E-state index in [1.54, 1.807) is 13.2 Å². The lowest BCUT2D eigenvalue weighted by molar-refractivity contribution is -0.385. The van der Waals surface area contributed by atoms with E-state index in [2.05, 4.69) is 4.98 Å². The van der Waals surface area contributed by atoms with Crippen LogP contribution in [-0.2, 0) is 7.05 Å². The molecule has 0 aliphatic carbocycles. The van der Waals surface area contributed by atoms with E-state index < -0.39 is 22.9 Å². The summed E-state index contributed by atoms with van der Waals surface area (Å²) in [6.07, 6.45) is 2.58. The third-order valence-electron chi connectivity index (χ3n) is 2.79. The van der Waals surface area contributed by atoms with Crippen molar-refractivity contribution in [2.24, 2.45) is 7.05 Å². The molecule has 102 valence electrons. The van der Waals surface area contributed by atoms with Gasteiger partial charge in [-0.1, -0.05) is 12.1 Å². The van der Waals surface area contributed by atoms with Crippen molar-refractivity contribution in [3.05, 3.63) is 58.2 Å². The summed E-state index contributed by atoms with van der Waals surface area (Å²) >= 11 is 0. The molecule has 0 saturated carbocycles. The molecule has 0 amide bonds. The van der Waals surface area contributed by atoms with Crippen LogP contribution in [0.25, 0.3) is 0 Å². The highest BCUT2D eigenvalue weighted by Crippen LogP contribution is 2.19. The minimum atomic E-state index is -0.640. The quantitative estimate of drug-likeness (QED) is 0.358. The van der Waals surface area contributed by atoms with Gasteiger partial charge in [-0.15, -0.1) is 0 Å². The highest BCUT2D eigenvalue weighted by molar-refractivity contribution is 6.13. The number of hydrogen-bond acceptors (Lipinski definition) is 5. The zero-order chi connectivity index (χ0) is 14.7. The van der Waals surface area contributed by atoms with Gasteiger partial charge < -0.3 is 4.57 Å². The van der Waals surface area contributed by atoms with Gasteiger partial charge in [0.1, 0.15) is 0 Å². The summed E-state index contributed by atoms with van der Waals surface area (Å²) in [5.41, 5.74) is -0.370. The molecule has 0 saturated heterocycles. The van der Waals surface area contributed by atoms with Crippen LogP contribution in [0.2, 0.25) is 0 Å². The molecule has 0 bridgehead atoms. The van der Waals surface area contributed by atoms with Crippen molar-refractivity contribution < 1.29 is 14.5 Å². The van der Waals surface area contributed by atoms with Gasteiger partial charge in [0, 0.05) is 25.5 Å². The van der Waals surface area contributed by atoms with E-state index in [-0.39, 0.29) is 17.1 Å². The number of aryl methyl sites for hydroxylation is 1. The maximum Gasteiger partial charge on any atom is 0.280 e. The summed E-state index contributed by atoms with van der Waals surface area (Å²) < 4.78 is 1.50. The first-order valence-corrected chi connectivity index (χ1v) is 5.78. The molecule has 0 radical (unpaired) electrons. The van der Waals surface area contributed by atoms with E-state index in [4.69, 9.17) is 0 Å². The Bertz CT molecular complexity index is 690. The molecule has 1 aromatic carbocycles. The molecule has 0 spiro atoms. The van der Waals surface area contributed by atoms with Gasteiger partial charge in [0.15, 0.2) is 11.6 Å². The fourth-order valence-electron chi connectivity index (χ4n) is 1.82. The number of ketones is 2. The van der Waals surface area contributed by atoms with Gasteiger partial charge >= 0.3 is 0 Å². The second-order valence-corrected chi connectivity index (χ2v) is 4.16. The SMILES string of the molecule is Cn1ccnc1C(=O)CC(=O)c1ccccc1[N+](=O)[O-]. The first-order chi connectivity index (χ1) is 9.50. The van der Waals surface area contributed by atoms with Gasteiger partial charge in [-0.25, -0.2) is 4.98 Å². The van der Waals surface area contributed by atoms with Crippen LogP contribution in [-0.4, -0.2) is 26.0 Å². The first kappa shape index (κ1) is 13.6. The number of imidazole rings is 1. The lowest BCUT2D eigenvalue weighted by atomic mass is 10.0. The molecule has 0 N–H and O–H groups in total. The lowest BCUT2D eigenvalue weighted by Gasteiger charge is -2.02. The van der Waals surface area contributed by atoms with Gasteiger partial charge in [0.2, 0.25) is 5.78 Å². The number of Topliss-reactive ketones (excluding diaryl/α,β-unsaturated/α-hetero) is 2. The topological polar surface area (TPSA) is 95.1 Å². The van der Waals surface area contributed by atoms with E-state index in [0.717, 1.165) is 0 Å². The van der Waals surface area contributed by atoms with Gasteiger partial charge in [-0.05, 0) is 6.07 Å². The van der Waals surface area contributed by atoms with Crippen molar-refractivity contribution in [3.63, 3.8) is 0 Å². The predicted octanol–water partition coefficient (Wildman–Crippen LogP) is 1.78. The van der Waals surface area contributed by atoms with Crippen LogP contribution in [0.5, 0.6) is 0 Å². The number of aromatic nitrogens is 2. The summed E-state index contributed by atoms with van der Waals surface area (Å²) in [6.45, 7) is 0. The zero-order valence-electron chi connectivity index (χ0n) is 10.6. The molecule has 7 nitrogen and oxygen atoms in total. The number of nitrogens with zero attached hydrogens (tertiary/aromatic N) is 3. The molecule has 7 heteroatoms. The Kier molecular flexibility index (Phi) is 3.69. The monoisotopic (exact) mass is 273 g/mol.